The van der Waals surface area contributed by atoms with Crippen LogP contribution in [-0.4, -0.2) is 21.8 Å². The highest BCUT2D eigenvalue weighted by Gasteiger charge is 2.12. The van der Waals surface area contributed by atoms with E-state index in [1.54, 1.807) is 18.2 Å². The molecule has 6 nitrogen and oxygen atoms in total. The maximum Gasteiger partial charge on any atom is 0.268 e. The number of aryl methyl sites for hydroxylation is 1. The third-order valence-electron chi connectivity index (χ3n) is 3.07. The average Bonchev–Trinajstić information content (AvgIpc) is 2.95. The molecule has 3 rings (SSSR count). The first kappa shape index (κ1) is 14.2. The molecular formula is C15H12N4O2S. The summed E-state index contributed by atoms with van der Waals surface area (Å²) >= 11 is 1.15. The van der Waals surface area contributed by atoms with Gasteiger partial charge in [0.1, 0.15) is 5.69 Å². The van der Waals surface area contributed by atoms with Crippen molar-refractivity contribution in [2.75, 3.05) is 5.32 Å². The number of thiazole rings is 1. The lowest BCUT2D eigenvalue weighted by molar-refractivity contribution is 0.0992. The summed E-state index contributed by atoms with van der Waals surface area (Å²) in [6.45, 7) is 1.92. The highest BCUT2D eigenvalue weighted by Crippen LogP contribution is 2.18. The first-order valence-corrected chi connectivity index (χ1v) is 7.35. The quantitative estimate of drug-likeness (QED) is 0.775. The van der Waals surface area contributed by atoms with Crippen molar-refractivity contribution in [3.8, 4) is 0 Å². The van der Waals surface area contributed by atoms with E-state index in [-0.39, 0.29) is 11.6 Å². The minimum absolute atomic E-state index is 0.137. The monoisotopic (exact) mass is 312 g/mol. The molecule has 0 aliphatic rings. The third-order valence-corrected chi connectivity index (χ3v) is 3.83. The summed E-state index contributed by atoms with van der Waals surface area (Å²) in [5, 5.41) is 5.37. The Kier molecular flexibility index (Phi) is 3.56. The van der Waals surface area contributed by atoms with Crippen LogP contribution in [0.1, 0.15) is 26.5 Å². The van der Waals surface area contributed by atoms with Gasteiger partial charge in [-0.1, -0.05) is 6.07 Å². The van der Waals surface area contributed by atoms with Gasteiger partial charge in [0.05, 0.1) is 5.52 Å². The number of benzene rings is 1. The smallest absolute Gasteiger partial charge is 0.268 e. The van der Waals surface area contributed by atoms with Gasteiger partial charge in [0.15, 0.2) is 5.13 Å². The van der Waals surface area contributed by atoms with E-state index in [9.17, 15) is 9.59 Å². The van der Waals surface area contributed by atoms with Crippen molar-refractivity contribution >= 4 is 39.2 Å². The molecule has 7 heteroatoms. The molecule has 0 bridgehead atoms. The van der Waals surface area contributed by atoms with Gasteiger partial charge in [0, 0.05) is 22.0 Å². The Morgan fingerprint density at radius 2 is 2.00 bits per heavy atom. The van der Waals surface area contributed by atoms with Crippen molar-refractivity contribution in [3.05, 3.63) is 52.7 Å². The number of pyridine rings is 1. The van der Waals surface area contributed by atoms with Crippen molar-refractivity contribution in [1.29, 1.82) is 0 Å². The predicted molar refractivity (Wildman–Crippen MR) is 85.1 cm³/mol. The second-order valence-corrected chi connectivity index (χ2v) is 5.57. The number of amides is 2. The highest BCUT2D eigenvalue weighted by atomic mass is 32.1. The highest BCUT2D eigenvalue weighted by molar-refractivity contribution is 7.14. The van der Waals surface area contributed by atoms with Crippen LogP contribution >= 0.6 is 11.3 Å². The van der Waals surface area contributed by atoms with E-state index in [0.29, 0.717) is 10.7 Å². The van der Waals surface area contributed by atoms with Gasteiger partial charge in [0.2, 0.25) is 0 Å². The number of rotatable bonds is 3. The Morgan fingerprint density at radius 3 is 2.73 bits per heavy atom. The maximum atomic E-state index is 12.2. The van der Waals surface area contributed by atoms with Crippen molar-refractivity contribution in [2.45, 2.75) is 6.92 Å². The summed E-state index contributed by atoms with van der Waals surface area (Å²) in [6, 6.07) is 9.08. The van der Waals surface area contributed by atoms with E-state index in [1.807, 2.05) is 19.1 Å². The molecule has 22 heavy (non-hydrogen) atoms. The molecule has 0 saturated heterocycles. The van der Waals surface area contributed by atoms with E-state index in [4.69, 9.17) is 5.73 Å². The minimum Gasteiger partial charge on any atom is -0.364 e. The normalized spacial score (nSPS) is 10.6. The molecule has 0 spiro atoms. The molecule has 0 atom stereocenters. The number of hydrogen-bond donors (Lipinski definition) is 2. The lowest BCUT2D eigenvalue weighted by Crippen LogP contribution is -2.14. The van der Waals surface area contributed by atoms with Crippen LogP contribution in [0.15, 0.2) is 35.7 Å². The van der Waals surface area contributed by atoms with E-state index in [2.05, 4.69) is 15.3 Å². The SMILES string of the molecule is Cc1ccc2cc(C(=O)Nc3nc(C(N)=O)cs3)ccc2n1. The van der Waals surface area contributed by atoms with Gasteiger partial charge in [-0.2, -0.15) is 0 Å². The summed E-state index contributed by atoms with van der Waals surface area (Å²) in [5.74, 6) is -0.920. The molecule has 3 N–H and O–H groups in total. The standard InChI is InChI=1S/C15H12N4O2S/c1-8-2-3-9-6-10(4-5-11(9)17-8)14(21)19-15-18-12(7-22-15)13(16)20/h2-7H,1H3,(H2,16,20)(H,18,19,21). The van der Waals surface area contributed by atoms with Crippen molar-refractivity contribution < 1.29 is 9.59 Å². The first-order chi connectivity index (χ1) is 10.5. The molecule has 2 aromatic heterocycles. The fourth-order valence-corrected chi connectivity index (χ4v) is 2.68. The zero-order valence-electron chi connectivity index (χ0n) is 11.7. The second-order valence-electron chi connectivity index (χ2n) is 4.72. The van der Waals surface area contributed by atoms with E-state index >= 15 is 0 Å². The first-order valence-electron chi connectivity index (χ1n) is 6.47. The predicted octanol–water partition coefficient (Wildman–Crippen LogP) is 2.35. The lowest BCUT2D eigenvalue weighted by Gasteiger charge is -2.04. The summed E-state index contributed by atoms with van der Waals surface area (Å²) in [6.07, 6.45) is 0. The fraction of sp³-hybridized carbons (Fsp3) is 0.0667. The number of carbonyl (C=O) groups excluding carboxylic acids is 2. The lowest BCUT2D eigenvalue weighted by atomic mass is 10.1. The Hall–Kier alpha value is -2.80. The molecule has 0 radical (unpaired) electrons. The second kappa shape index (κ2) is 5.53. The van der Waals surface area contributed by atoms with Crippen LogP contribution in [0.25, 0.3) is 10.9 Å². The van der Waals surface area contributed by atoms with Crippen molar-refractivity contribution in [3.63, 3.8) is 0 Å². The van der Waals surface area contributed by atoms with Crippen LogP contribution in [0.5, 0.6) is 0 Å². The van der Waals surface area contributed by atoms with Gasteiger partial charge in [-0.3, -0.25) is 19.9 Å². The van der Waals surface area contributed by atoms with Crippen molar-refractivity contribution in [1.82, 2.24) is 9.97 Å². The van der Waals surface area contributed by atoms with Gasteiger partial charge < -0.3 is 5.73 Å². The molecule has 0 aliphatic heterocycles. The molecule has 2 heterocycles. The van der Waals surface area contributed by atoms with Gasteiger partial charge >= 0.3 is 0 Å². The molecule has 0 unspecified atom stereocenters. The molecule has 3 aromatic rings. The summed E-state index contributed by atoms with van der Waals surface area (Å²) < 4.78 is 0. The summed E-state index contributed by atoms with van der Waals surface area (Å²) in [7, 11) is 0. The molecule has 110 valence electrons. The zero-order valence-corrected chi connectivity index (χ0v) is 12.5. The van der Waals surface area contributed by atoms with Gasteiger partial charge in [-0.25, -0.2) is 4.98 Å². The number of nitrogens with one attached hydrogen (secondary N) is 1. The van der Waals surface area contributed by atoms with Gasteiger partial charge in [0.25, 0.3) is 11.8 Å². The van der Waals surface area contributed by atoms with Crippen LogP contribution < -0.4 is 11.1 Å². The van der Waals surface area contributed by atoms with Gasteiger partial charge in [-0.15, -0.1) is 11.3 Å². The third kappa shape index (κ3) is 2.79. The number of nitrogens with two attached hydrogens (primary N) is 1. The molecule has 0 aliphatic carbocycles. The van der Waals surface area contributed by atoms with E-state index in [0.717, 1.165) is 27.9 Å². The Morgan fingerprint density at radius 1 is 1.18 bits per heavy atom. The van der Waals surface area contributed by atoms with Gasteiger partial charge in [-0.05, 0) is 31.2 Å². The number of anilines is 1. The maximum absolute atomic E-state index is 12.2. The van der Waals surface area contributed by atoms with Crippen LogP contribution in [0.3, 0.4) is 0 Å². The number of carbonyl (C=O) groups is 2. The van der Waals surface area contributed by atoms with Crippen molar-refractivity contribution in [2.24, 2.45) is 5.73 Å². The van der Waals surface area contributed by atoms with Crippen LogP contribution in [0.4, 0.5) is 5.13 Å². The Labute approximate surface area is 130 Å². The topological polar surface area (TPSA) is 98.0 Å². The number of hydrogen-bond acceptors (Lipinski definition) is 5. The molecular weight excluding hydrogens is 300 g/mol. The van der Waals surface area contributed by atoms with Crippen LogP contribution in [0, 0.1) is 6.92 Å². The summed E-state index contributed by atoms with van der Waals surface area (Å²) in [4.78, 5) is 31.6. The number of aromatic nitrogens is 2. The molecule has 1 aromatic carbocycles. The summed E-state index contributed by atoms with van der Waals surface area (Å²) in [5.41, 5.74) is 7.52. The minimum atomic E-state index is -0.621. The molecule has 0 saturated carbocycles. The van der Waals surface area contributed by atoms with Crippen LogP contribution in [-0.2, 0) is 0 Å². The number of primary amides is 1. The van der Waals surface area contributed by atoms with Crippen LogP contribution in [0.2, 0.25) is 0 Å². The Bertz CT molecular complexity index is 888. The molecule has 2 amide bonds. The van der Waals surface area contributed by atoms with E-state index < -0.39 is 5.91 Å². The Balaban J connectivity index is 1.85. The average molecular weight is 312 g/mol. The van der Waals surface area contributed by atoms with E-state index in [1.165, 1.54) is 5.38 Å². The number of fused-ring (bicyclic) bond motifs is 1. The molecule has 0 fully saturated rings. The zero-order chi connectivity index (χ0) is 15.7. The number of nitrogens with zero attached hydrogens (tertiary/aromatic N) is 2. The fourth-order valence-electron chi connectivity index (χ4n) is 1.98. The largest absolute Gasteiger partial charge is 0.364 e.